The highest BCUT2D eigenvalue weighted by molar-refractivity contribution is 5.71. The van der Waals surface area contributed by atoms with Gasteiger partial charge < -0.3 is 14.2 Å². The van der Waals surface area contributed by atoms with Gasteiger partial charge in [0, 0.05) is 19.3 Å². The maximum absolute atomic E-state index is 12.9. The summed E-state index contributed by atoms with van der Waals surface area (Å²) in [5.41, 5.74) is 0. The summed E-state index contributed by atoms with van der Waals surface area (Å²) in [6.45, 7) is 6.46. The first kappa shape index (κ1) is 75.1. The number of carbonyl (C=O) groups excluding carboxylic acids is 3. The highest BCUT2D eigenvalue weighted by Gasteiger charge is 2.19. The quantitative estimate of drug-likeness (QED) is 0.0261. The zero-order valence-corrected chi connectivity index (χ0v) is 51.9. The molecule has 6 nitrogen and oxygen atoms in total. The molecule has 1 atom stereocenters. The van der Waals surface area contributed by atoms with Crippen molar-refractivity contribution in [3.8, 4) is 0 Å². The standard InChI is InChI=1S/C73H124O6/c1-4-7-10-13-16-19-22-25-27-29-31-33-35-36-38-39-41-43-45-48-51-54-57-60-63-66-72(75)78-69-70(68-77-71(74)65-62-59-56-53-50-47-24-21-18-15-12-9-6-3)79-73(76)67-64-61-58-55-52-49-46-44-42-40-37-34-32-30-28-26-23-20-17-14-11-8-5-2/h9,12,18,21-23,25-26,29-32,35-36,47,50,56,59,70H,4-8,10-11,13-17,19-20,24,27-28,33-34,37-46,48-49,51-55,57-58,60-69H2,1-3H3/b12-9-,21-18-,25-22-,26-23-,31-29-,32-30-,36-35-,50-47-,59-56-. The van der Waals surface area contributed by atoms with E-state index in [1.54, 1.807) is 0 Å². The van der Waals surface area contributed by atoms with E-state index in [4.69, 9.17) is 14.2 Å². The van der Waals surface area contributed by atoms with Crippen molar-refractivity contribution in [3.63, 3.8) is 0 Å². The number of esters is 3. The van der Waals surface area contributed by atoms with Gasteiger partial charge in [0.2, 0.25) is 0 Å². The number of rotatable bonds is 60. The first-order chi connectivity index (χ1) is 39.0. The van der Waals surface area contributed by atoms with Crippen molar-refractivity contribution >= 4 is 17.9 Å². The molecule has 452 valence electrons. The molecule has 0 saturated heterocycles. The van der Waals surface area contributed by atoms with E-state index >= 15 is 0 Å². The van der Waals surface area contributed by atoms with E-state index in [1.807, 2.05) is 6.08 Å². The number of hydrogen-bond acceptors (Lipinski definition) is 6. The van der Waals surface area contributed by atoms with E-state index in [0.29, 0.717) is 19.3 Å². The topological polar surface area (TPSA) is 78.9 Å². The van der Waals surface area contributed by atoms with Crippen molar-refractivity contribution in [1.29, 1.82) is 0 Å². The Morgan fingerprint density at radius 1 is 0.266 bits per heavy atom. The molecule has 0 heterocycles. The Labute approximate surface area is 489 Å². The molecule has 0 spiro atoms. The number of hydrogen-bond donors (Lipinski definition) is 0. The summed E-state index contributed by atoms with van der Waals surface area (Å²) in [4.78, 5) is 38.3. The van der Waals surface area contributed by atoms with Crippen molar-refractivity contribution in [2.24, 2.45) is 0 Å². The van der Waals surface area contributed by atoms with E-state index in [2.05, 4.69) is 124 Å². The van der Waals surface area contributed by atoms with Gasteiger partial charge in [-0.15, -0.1) is 0 Å². The predicted octanol–water partition coefficient (Wildman–Crippen LogP) is 23.0. The second kappa shape index (κ2) is 66.6. The molecule has 0 aliphatic carbocycles. The number of allylic oxidation sites excluding steroid dienone is 18. The molecule has 0 fully saturated rings. The summed E-state index contributed by atoms with van der Waals surface area (Å²) in [5, 5.41) is 0. The third kappa shape index (κ3) is 64.8. The van der Waals surface area contributed by atoms with Crippen LogP contribution in [0, 0.1) is 0 Å². The van der Waals surface area contributed by atoms with Gasteiger partial charge in [0.1, 0.15) is 13.2 Å². The van der Waals surface area contributed by atoms with Crippen molar-refractivity contribution < 1.29 is 28.6 Å². The van der Waals surface area contributed by atoms with Crippen LogP contribution < -0.4 is 0 Å². The predicted molar refractivity (Wildman–Crippen MR) is 343 cm³/mol. The molecule has 0 N–H and O–H groups in total. The van der Waals surface area contributed by atoms with Gasteiger partial charge in [-0.05, 0) is 116 Å². The van der Waals surface area contributed by atoms with E-state index < -0.39 is 6.10 Å². The molecule has 0 amide bonds. The molecule has 79 heavy (non-hydrogen) atoms. The number of carbonyl (C=O) groups is 3. The summed E-state index contributed by atoms with van der Waals surface area (Å²) in [6, 6.07) is 0. The fraction of sp³-hybridized carbons (Fsp3) is 0.712. The summed E-state index contributed by atoms with van der Waals surface area (Å²) in [6.07, 6.45) is 91.2. The van der Waals surface area contributed by atoms with Crippen LogP contribution in [0.3, 0.4) is 0 Å². The van der Waals surface area contributed by atoms with Gasteiger partial charge in [-0.1, -0.05) is 291 Å². The Morgan fingerprint density at radius 2 is 0.519 bits per heavy atom. The molecule has 0 aromatic rings. The molecule has 0 radical (unpaired) electrons. The Kier molecular flexibility index (Phi) is 63.3. The third-order valence-electron chi connectivity index (χ3n) is 14.2. The van der Waals surface area contributed by atoms with E-state index in [0.717, 1.165) is 83.5 Å². The van der Waals surface area contributed by atoms with Crippen molar-refractivity contribution in [3.05, 3.63) is 109 Å². The molecule has 0 rings (SSSR count). The molecule has 0 aliphatic heterocycles. The van der Waals surface area contributed by atoms with Gasteiger partial charge in [0.05, 0.1) is 0 Å². The number of unbranched alkanes of at least 4 members (excludes halogenated alkanes) is 31. The van der Waals surface area contributed by atoms with Crippen molar-refractivity contribution in [2.45, 2.75) is 322 Å². The normalized spacial score (nSPS) is 12.8. The maximum Gasteiger partial charge on any atom is 0.306 e. The lowest BCUT2D eigenvalue weighted by Crippen LogP contribution is -2.30. The molecular weight excluding hydrogens is 973 g/mol. The lowest BCUT2D eigenvalue weighted by atomic mass is 10.0. The second-order valence-corrected chi connectivity index (χ2v) is 22.0. The minimum atomic E-state index is -0.813. The molecular formula is C73H124O6. The molecule has 0 aromatic carbocycles. The molecule has 6 heteroatoms. The summed E-state index contributed by atoms with van der Waals surface area (Å²) >= 11 is 0. The Bertz CT molecular complexity index is 1590. The molecule has 0 bridgehead atoms. The fourth-order valence-corrected chi connectivity index (χ4v) is 9.26. The Hall–Kier alpha value is -3.93. The van der Waals surface area contributed by atoms with Gasteiger partial charge in [-0.25, -0.2) is 0 Å². The number of ether oxygens (including phenoxy) is 3. The molecule has 0 aliphatic rings. The fourth-order valence-electron chi connectivity index (χ4n) is 9.26. The van der Waals surface area contributed by atoms with Crippen LogP contribution in [0.15, 0.2) is 109 Å². The first-order valence-electron chi connectivity index (χ1n) is 33.4. The SMILES string of the molecule is CC/C=C\C/C=C\C/C=C\C/C=C\CCC(=O)OCC(COC(=O)CCCCCCCCCCCC/C=C\C/C=C\C/C=C\CCCCCCC)OC(=O)CCCCCCCCCCCCC/C=C\C/C=C\CCCCCCC. The van der Waals surface area contributed by atoms with Crippen LogP contribution in [0.4, 0.5) is 0 Å². The Morgan fingerprint density at radius 3 is 0.848 bits per heavy atom. The highest BCUT2D eigenvalue weighted by Crippen LogP contribution is 2.16. The van der Waals surface area contributed by atoms with Crippen LogP contribution in [0.5, 0.6) is 0 Å². The second-order valence-electron chi connectivity index (χ2n) is 22.0. The van der Waals surface area contributed by atoms with Crippen molar-refractivity contribution in [2.75, 3.05) is 13.2 Å². The van der Waals surface area contributed by atoms with Crippen LogP contribution in [0.25, 0.3) is 0 Å². The molecule has 1 unspecified atom stereocenters. The summed E-state index contributed by atoms with van der Waals surface area (Å²) in [7, 11) is 0. The van der Waals surface area contributed by atoms with E-state index in [9.17, 15) is 14.4 Å². The largest absolute Gasteiger partial charge is 0.462 e. The zero-order valence-electron chi connectivity index (χ0n) is 51.9. The van der Waals surface area contributed by atoms with Crippen LogP contribution in [0.1, 0.15) is 316 Å². The minimum Gasteiger partial charge on any atom is -0.462 e. The van der Waals surface area contributed by atoms with E-state index in [-0.39, 0.29) is 37.5 Å². The van der Waals surface area contributed by atoms with Gasteiger partial charge in [0.25, 0.3) is 0 Å². The maximum atomic E-state index is 12.9. The zero-order chi connectivity index (χ0) is 57.1. The average molecular weight is 1100 g/mol. The van der Waals surface area contributed by atoms with Gasteiger partial charge in [0.15, 0.2) is 6.10 Å². The van der Waals surface area contributed by atoms with Gasteiger partial charge >= 0.3 is 17.9 Å². The summed E-state index contributed by atoms with van der Waals surface area (Å²) in [5.74, 6) is -0.986. The van der Waals surface area contributed by atoms with Crippen LogP contribution >= 0.6 is 0 Å². The van der Waals surface area contributed by atoms with Gasteiger partial charge in [-0.2, -0.15) is 0 Å². The van der Waals surface area contributed by atoms with Crippen LogP contribution in [0.2, 0.25) is 0 Å². The lowest BCUT2D eigenvalue weighted by Gasteiger charge is -2.18. The first-order valence-corrected chi connectivity index (χ1v) is 33.4. The molecule has 0 aromatic heterocycles. The summed E-state index contributed by atoms with van der Waals surface area (Å²) < 4.78 is 16.9. The average Bonchev–Trinajstić information content (AvgIpc) is 3.45. The smallest absolute Gasteiger partial charge is 0.306 e. The third-order valence-corrected chi connectivity index (χ3v) is 14.2. The van der Waals surface area contributed by atoms with Gasteiger partial charge in [-0.3, -0.25) is 14.4 Å². The van der Waals surface area contributed by atoms with Crippen LogP contribution in [-0.2, 0) is 28.6 Å². The Balaban J connectivity index is 4.36. The van der Waals surface area contributed by atoms with E-state index in [1.165, 1.54) is 186 Å². The minimum absolute atomic E-state index is 0.103. The monoisotopic (exact) mass is 1100 g/mol. The lowest BCUT2D eigenvalue weighted by molar-refractivity contribution is -0.166. The molecule has 0 saturated carbocycles. The van der Waals surface area contributed by atoms with Crippen LogP contribution in [-0.4, -0.2) is 37.2 Å². The highest BCUT2D eigenvalue weighted by atomic mass is 16.6. The van der Waals surface area contributed by atoms with Crippen molar-refractivity contribution in [1.82, 2.24) is 0 Å².